The highest BCUT2D eigenvalue weighted by molar-refractivity contribution is 5.52. The molecule has 1 N–H and O–H groups in total. The number of aryl methyl sites for hydroxylation is 1. The van der Waals surface area contributed by atoms with Gasteiger partial charge in [0.2, 0.25) is 0 Å². The van der Waals surface area contributed by atoms with E-state index in [2.05, 4.69) is 10.3 Å². The number of rotatable bonds is 5. The van der Waals surface area contributed by atoms with E-state index in [0.29, 0.717) is 24.3 Å². The summed E-state index contributed by atoms with van der Waals surface area (Å²) in [4.78, 5) is 4.13. The van der Waals surface area contributed by atoms with E-state index in [0.717, 1.165) is 5.69 Å². The number of nitriles is 1. The number of hydrogen-bond donors (Lipinski definition) is 1. The van der Waals surface area contributed by atoms with Gasteiger partial charge in [-0.1, -0.05) is 0 Å². The van der Waals surface area contributed by atoms with Crippen LogP contribution in [0.5, 0.6) is 0 Å². The fourth-order valence-electron chi connectivity index (χ4n) is 1.44. The fraction of sp³-hybridized carbons (Fsp3) is 0.500. The van der Waals surface area contributed by atoms with Crippen LogP contribution in [0.25, 0.3) is 0 Å². The molecule has 0 fully saturated rings. The van der Waals surface area contributed by atoms with Crippen molar-refractivity contribution in [2.45, 2.75) is 32.4 Å². The van der Waals surface area contributed by atoms with Crippen molar-refractivity contribution in [2.24, 2.45) is 0 Å². The molecule has 3 nitrogen and oxygen atoms in total. The number of alkyl halides is 3. The summed E-state index contributed by atoms with van der Waals surface area (Å²) < 4.78 is 35.7. The lowest BCUT2D eigenvalue weighted by atomic mass is 10.2. The van der Waals surface area contributed by atoms with Gasteiger partial charge >= 0.3 is 6.18 Å². The van der Waals surface area contributed by atoms with Crippen LogP contribution in [0.1, 0.15) is 30.5 Å². The number of nitrogens with one attached hydrogen (secondary N) is 1. The highest BCUT2D eigenvalue weighted by atomic mass is 19.4. The number of aromatic nitrogens is 1. The lowest BCUT2D eigenvalue weighted by molar-refractivity contribution is -0.135. The molecule has 0 bridgehead atoms. The zero-order chi connectivity index (χ0) is 13.6. The average molecular weight is 257 g/mol. The Hall–Kier alpha value is -1.77. The molecule has 0 atom stereocenters. The number of anilines is 1. The summed E-state index contributed by atoms with van der Waals surface area (Å²) in [7, 11) is 0. The van der Waals surface area contributed by atoms with Gasteiger partial charge in [0.05, 0.1) is 5.56 Å². The standard InChI is InChI=1S/C12H14F3N3/c1-9-4-5-10(8-16)11(18-9)17-7-3-2-6-12(13,14)15/h4-5H,2-3,6-7H2,1H3,(H,17,18). The molecule has 98 valence electrons. The molecule has 0 aromatic carbocycles. The second-order valence-corrected chi connectivity index (χ2v) is 3.96. The number of pyridine rings is 1. The van der Waals surface area contributed by atoms with Crippen molar-refractivity contribution < 1.29 is 13.2 Å². The SMILES string of the molecule is Cc1ccc(C#N)c(NCCCCC(F)(F)F)n1. The average Bonchev–Trinajstić information content (AvgIpc) is 2.27. The maximum Gasteiger partial charge on any atom is 0.389 e. The third-order valence-electron chi connectivity index (χ3n) is 2.33. The highest BCUT2D eigenvalue weighted by Gasteiger charge is 2.25. The topological polar surface area (TPSA) is 48.7 Å². The molecule has 18 heavy (non-hydrogen) atoms. The first-order valence-electron chi connectivity index (χ1n) is 5.61. The van der Waals surface area contributed by atoms with E-state index in [1.807, 2.05) is 6.07 Å². The predicted octanol–water partition coefficient (Wildman–Crippen LogP) is 3.41. The van der Waals surface area contributed by atoms with Gasteiger partial charge in [-0.25, -0.2) is 4.98 Å². The molecule has 0 saturated carbocycles. The van der Waals surface area contributed by atoms with Crippen LogP contribution in [-0.2, 0) is 0 Å². The molecule has 0 spiro atoms. The lowest BCUT2D eigenvalue weighted by Crippen LogP contribution is -2.10. The predicted molar refractivity (Wildman–Crippen MR) is 62.1 cm³/mol. The zero-order valence-electron chi connectivity index (χ0n) is 10.0. The maximum absolute atomic E-state index is 11.9. The Balaban J connectivity index is 2.40. The van der Waals surface area contributed by atoms with Crippen molar-refractivity contribution in [2.75, 3.05) is 11.9 Å². The molecule has 0 aliphatic rings. The second-order valence-electron chi connectivity index (χ2n) is 3.96. The van der Waals surface area contributed by atoms with E-state index in [-0.39, 0.29) is 6.42 Å². The largest absolute Gasteiger partial charge is 0.389 e. The first kappa shape index (κ1) is 14.3. The molecule has 0 amide bonds. The fourth-order valence-corrected chi connectivity index (χ4v) is 1.44. The van der Waals surface area contributed by atoms with E-state index in [4.69, 9.17) is 5.26 Å². The monoisotopic (exact) mass is 257 g/mol. The summed E-state index contributed by atoms with van der Waals surface area (Å²) in [6, 6.07) is 5.34. The Labute approximate surface area is 104 Å². The molecule has 0 aliphatic heterocycles. The Morgan fingerprint density at radius 2 is 2.06 bits per heavy atom. The van der Waals surface area contributed by atoms with Crippen molar-refractivity contribution in [3.63, 3.8) is 0 Å². The maximum atomic E-state index is 11.9. The van der Waals surface area contributed by atoms with Crippen molar-refractivity contribution in [1.82, 2.24) is 4.98 Å². The Morgan fingerprint density at radius 1 is 1.33 bits per heavy atom. The summed E-state index contributed by atoms with van der Waals surface area (Å²) in [5.74, 6) is 0.435. The smallest absolute Gasteiger partial charge is 0.369 e. The molecule has 1 heterocycles. The number of halogens is 3. The summed E-state index contributed by atoms with van der Waals surface area (Å²) in [5.41, 5.74) is 1.16. The van der Waals surface area contributed by atoms with Gasteiger partial charge in [0, 0.05) is 18.7 Å². The molecule has 0 aliphatic carbocycles. The van der Waals surface area contributed by atoms with Crippen LogP contribution in [0, 0.1) is 18.3 Å². The van der Waals surface area contributed by atoms with Gasteiger partial charge in [0.15, 0.2) is 0 Å². The highest BCUT2D eigenvalue weighted by Crippen LogP contribution is 2.22. The number of unbranched alkanes of at least 4 members (excludes halogenated alkanes) is 1. The minimum atomic E-state index is -4.10. The van der Waals surface area contributed by atoms with Crippen molar-refractivity contribution in [1.29, 1.82) is 5.26 Å². The van der Waals surface area contributed by atoms with E-state index in [1.165, 1.54) is 0 Å². The van der Waals surface area contributed by atoms with E-state index >= 15 is 0 Å². The minimum absolute atomic E-state index is 0.0736. The Kier molecular flexibility index (Phi) is 4.95. The van der Waals surface area contributed by atoms with Crippen LogP contribution in [-0.4, -0.2) is 17.7 Å². The summed E-state index contributed by atoms with van der Waals surface area (Å²) in [5, 5.41) is 11.7. The van der Waals surface area contributed by atoms with Crippen molar-refractivity contribution >= 4 is 5.82 Å². The van der Waals surface area contributed by atoms with Crippen LogP contribution in [0.3, 0.4) is 0 Å². The third kappa shape index (κ3) is 5.04. The van der Waals surface area contributed by atoms with Crippen LogP contribution in [0.15, 0.2) is 12.1 Å². The number of hydrogen-bond acceptors (Lipinski definition) is 3. The third-order valence-corrected chi connectivity index (χ3v) is 2.33. The van der Waals surface area contributed by atoms with Gasteiger partial charge < -0.3 is 5.32 Å². The van der Waals surface area contributed by atoms with Crippen molar-refractivity contribution in [3.05, 3.63) is 23.4 Å². The number of nitrogens with zero attached hydrogens (tertiary/aromatic N) is 2. The van der Waals surface area contributed by atoms with E-state index < -0.39 is 12.6 Å². The summed E-state index contributed by atoms with van der Waals surface area (Å²) in [6.45, 7) is 2.16. The summed E-state index contributed by atoms with van der Waals surface area (Å²) >= 11 is 0. The van der Waals surface area contributed by atoms with Crippen LogP contribution in [0.2, 0.25) is 0 Å². The van der Waals surface area contributed by atoms with Crippen LogP contribution >= 0.6 is 0 Å². The van der Waals surface area contributed by atoms with Gasteiger partial charge in [-0.2, -0.15) is 18.4 Å². The van der Waals surface area contributed by atoms with Gasteiger partial charge in [-0.3, -0.25) is 0 Å². The first-order valence-corrected chi connectivity index (χ1v) is 5.61. The molecule has 0 unspecified atom stereocenters. The molecular weight excluding hydrogens is 243 g/mol. The molecule has 1 rings (SSSR count). The van der Waals surface area contributed by atoms with E-state index in [9.17, 15) is 13.2 Å². The second kappa shape index (κ2) is 6.24. The summed E-state index contributed by atoms with van der Waals surface area (Å²) in [6.07, 6.45) is -4.41. The van der Waals surface area contributed by atoms with Gasteiger partial charge in [0.1, 0.15) is 11.9 Å². The van der Waals surface area contributed by atoms with Crippen LogP contribution in [0.4, 0.5) is 19.0 Å². The molecule has 1 aromatic rings. The Bertz CT molecular complexity index is 435. The molecule has 0 radical (unpaired) electrons. The molecular formula is C12H14F3N3. The van der Waals surface area contributed by atoms with Gasteiger partial charge in [-0.15, -0.1) is 0 Å². The molecule has 0 saturated heterocycles. The minimum Gasteiger partial charge on any atom is -0.369 e. The lowest BCUT2D eigenvalue weighted by Gasteiger charge is -2.09. The van der Waals surface area contributed by atoms with E-state index in [1.54, 1.807) is 19.1 Å². The normalized spacial score (nSPS) is 11.1. The quantitative estimate of drug-likeness (QED) is 0.822. The molecule has 6 heteroatoms. The van der Waals surface area contributed by atoms with Gasteiger partial charge in [0.25, 0.3) is 0 Å². The molecule has 1 aromatic heterocycles. The van der Waals surface area contributed by atoms with Crippen molar-refractivity contribution in [3.8, 4) is 6.07 Å². The first-order chi connectivity index (χ1) is 8.42. The van der Waals surface area contributed by atoms with Crippen LogP contribution < -0.4 is 5.32 Å². The Morgan fingerprint density at radius 3 is 2.67 bits per heavy atom. The zero-order valence-corrected chi connectivity index (χ0v) is 10.0. The van der Waals surface area contributed by atoms with Gasteiger partial charge in [-0.05, 0) is 31.9 Å².